The van der Waals surface area contributed by atoms with E-state index in [0.29, 0.717) is 6.54 Å². The van der Waals surface area contributed by atoms with Crippen molar-refractivity contribution in [2.45, 2.75) is 51.7 Å². The van der Waals surface area contributed by atoms with Gasteiger partial charge < -0.3 is 9.47 Å². The molecule has 0 radical (unpaired) electrons. The molecule has 146 valence electrons. The lowest BCUT2D eigenvalue weighted by molar-refractivity contribution is 0.0595. The number of hydrogen-bond donors (Lipinski definition) is 0. The first-order valence-corrected chi connectivity index (χ1v) is 10.1. The predicted molar refractivity (Wildman–Crippen MR) is 108 cm³/mol. The Labute approximate surface area is 165 Å². The average Bonchev–Trinajstić information content (AvgIpc) is 3.38. The van der Waals surface area contributed by atoms with Crippen LogP contribution in [0.15, 0.2) is 55.1 Å². The molecule has 28 heavy (non-hydrogen) atoms. The molecule has 1 fully saturated rings. The monoisotopic (exact) mass is 377 g/mol. The van der Waals surface area contributed by atoms with Crippen molar-refractivity contribution in [2.24, 2.45) is 0 Å². The standard InChI is InChI=1S/C22H27N5O/c1-18-23-11-15-25(18)14-9-21-8-2-3-13-27(21)22(28)20-7-4-6-19(16-20)17-26-12-5-10-24-26/h4-7,10-12,15-16,21H,2-3,8-9,13-14,17H2,1H3. The fraction of sp³-hybridized carbons (Fsp3) is 0.409. The lowest BCUT2D eigenvalue weighted by Gasteiger charge is -2.36. The maximum absolute atomic E-state index is 13.3. The van der Waals surface area contributed by atoms with Gasteiger partial charge in [0.25, 0.3) is 5.91 Å². The van der Waals surface area contributed by atoms with Crippen molar-refractivity contribution < 1.29 is 4.79 Å². The quantitative estimate of drug-likeness (QED) is 0.660. The summed E-state index contributed by atoms with van der Waals surface area (Å²) < 4.78 is 4.04. The Morgan fingerprint density at radius 1 is 1.18 bits per heavy atom. The van der Waals surface area contributed by atoms with Crippen LogP contribution in [0.1, 0.15) is 47.4 Å². The van der Waals surface area contributed by atoms with Crippen molar-refractivity contribution in [3.8, 4) is 0 Å². The Morgan fingerprint density at radius 3 is 2.89 bits per heavy atom. The van der Waals surface area contributed by atoms with Gasteiger partial charge in [-0.05, 0) is 56.4 Å². The van der Waals surface area contributed by atoms with Crippen LogP contribution in [-0.4, -0.2) is 42.7 Å². The van der Waals surface area contributed by atoms with E-state index in [1.807, 2.05) is 60.5 Å². The fourth-order valence-corrected chi connectivity index (χ4v) is 4.05. The van der Waals surface area contributed by atoms with Gasteiger partial charge >= 0.3 is 0 Å². The van der Waals surface area contributed by atoms with Gasteiger partial charge in [-0.1, -0.05) is 12.1 Å². The first-order chi connectivity index (χ1) is 13.7. The summed E-state index contributed by atoms with van der Waals surface area (Å²) in [5.41, 5.74) is 1.87. The lowest BCUT2D eigenvalue weighted by atomic mass is 9.97. The molecule has 3 aromatic rings. The number of benzene rings is 1. The highest BCUT2D eigenvalue weighted by Gasteiger charge is 2.27. The average molecular weight is 377 g/mol. The van der Waals surface area contributed by atoms with Crippen LogP contribution in [0.25, 0.3) is 0 Å². The second-order valence-electron chi connectivity index (χ2n) is 7.51. The number of hydrogen-bond acceptors (Lipinski definition) is 3. The maximum atomic E-state index is 13.3. The molecule has 1 atom stereocenters. The van der Waals surface area contributed by atoms with Crippen molar-refractivity contribution in [2.75, 3.05) is 6.54 Å². The Balaban J connectivity index is 1.46. The van der Waals surface area contributed by atoms with Crippen LogP contribution < -0.4 is 0 Å². The molecule has 6 heteroatoms. The van der Waals surface area contributed by atoms with Crippen molar-refractivity contribution in [1.82, 2.24) is 24.2 Å². The summed E-state index contributed by atoms with van der Waals surface area (Å²) in [6.07, 6.45) is 11.9. The zero-order valence-corrected chi connectivity index (χ0v) is 16.4. The van der Waals surface area contributed by atoms with Gasteiger partial charge in [0.05, 0.1) is 6.54 Å². The molecule has 1 saturated heterocycles. The Morgan fingerprint density at radius 2 is 2.11 bits per heavy atom. The van der Waals surface area contributed by atoms with Gasteiger partial charge in [-0.2, -0.15) is 5.10 Å². The van der Waals surface area contributed by atoms with E-state index in [1.54, 1.807) is 6.20 Å². The predicted octanol–water partition coefficient (Wildman–Crippen LogP) is 3.52. The second-order valence-corrected chi connectivity index (χ2v) is 7.51. The molecule has 1 unspecified atom stereocenters. The number of likely N-dealkylation sites (tertiary alicyclic amines) is 1. The molecule has 3 heterocycles. The van der Waals surface area contributed by atoms with Gasteiger partial charge in [-0.15, -0.1) is 0 Å². The van der Waals surface area contributed by atoms with Gasteiger partial charge in [0.1, 0.15) is 5.82 Å². The molecule has 1 aliphatic heterocycles. The summed E-state index contributed by atoms with van der Waals surface area (Å²) >= 11 is 0. The van der Waals surface area contributed by atoms with Gasteiger partial charge in [0.2, 0.25) is 0 Å². The number of piperidine rings is 1. The van der Waals surface area contributed by atoms with Crippen molar-refractivity contribution in [3.63, 3.8) is 0 Å². The summed E-state index contributed by atoms with van der Waals surface area (Å²) in [4.78, 5) is 19.7. The zero-order chi connectivity index (χ0) is 19.3. The Kier molecular flexibility index (Phi) is 5.55. The van der Waals surface area contributed by atoms with E-state index in [2.05, 4.69) is 19.5 Å². The third-order valence-electron chi connectivity index (χ3n) is 5.59. The zero-order valence-electron chi connectivity index (χ0n) is 16.4. The van der Waals surface area contributed by atoms with Crippen LogP contribution in [-0.2, 0) is 13.1 Å². The molecular formula is C22H27N5O. The number of rotatable bonds is 6. The summed E-state index contributed by atoms with van der Waals surface area (Å²) in [6, 6.07) is 10.2. The number of aryl methyl sites for hydroxylation is 2. The van der Waals surface area contributed by atoms with E-state index in [9.17, 15) is 4.79 Å². The van der Waals surface area contributed by atoms with Crippen LogP contribution in [0, 0.1) is 6.92 Å². The maximum Gasteiger partial charge on any atom is 0.254 e. The SMILES string of the molecule is Cc1nccn1CCC1CCCCN1C(=O)c1cccc(Cn2cccn2)c1. The largest absolute Gasteiger partial charge is 0.336 e. The Hall–Kier alpha value is -2.89. The minimum absolute atomic E-state index is 0.148. The molecule has 4 rings (SSSR count). The Bertz CT molecular complexity index is 915. The van der Waals surface area contributed by atoms with Gasteiger partial charge in [-0.25, -0.2) is 4.98 Å². The first kappa shape index (κ1) is 18.5. The van der Waals surface area contributed by atoms with E-state index in [-0.39, 0.29) is 11.9 Å². The van der Waals surface area contributed by atoms with E-state index < -0.39 is 0 Å². The number of imidazole rings is 1. The smallest absolute Gasteiger partial charge is 0.254 e. The summed E-state index contributed by atoms with van der Waals surface area (Å²) in [5, 5.41) is 4.26. The third kappa shape index (κ3) is 4.16. The van der Waals surface area contributed by atoms with E-state index >= 15 is 0 Å². The number of nitrogens with zero attached hydrogens (tertiary/aromatic N) is 5. The topological polar surface area (TPSA) is 56.0 Å². The molecule has 0 bridgehead atoms. The molecule has 1 aliphatic rings. The fourth-order valence-electron chi connectivity index (χ4n) is 4.05. The molecule has 6 nitrogen and oxygen atoms in total. The highest BCUT2D eigenvalue weighted by atomic mass is 16.2. The normalized spacial score (nSPS) is 17.0. The van der Waals surface area contributed by atoms with Gasteiger partial charge in [-0.3, -0.25) is 9.48 Å². The van der Waals surface area contributed by atoms with E-state index in [0.717, 1.165) is 49.3 Å². The van der Waals surface area contributed by atoms with Crippen LogP contribution in [0.3, 0.4) is 0 Å². The van der Waals surface area contributed by atoms with Crippen LogP contribution in [0.5, 0.6) is 0 Å². The van der Waals surface area contributed by atoms with Crippen LogP contribution >= 0.6 is 0 Å². The lowest BCUT2D eigenvalue weighted by Crippen LogP contribution is -2.44. The molecule has 0 aliphatic carbocycles. The number of carbonyl (C=O) groups excluding carboxylic acids is 1. The van der Waals surface area contributed by atoms with Crippen molar-refractivity contribution >= 4 is 5.91 Å². The summed E-state index contributed by atoms with van der Waals surface area (Å²) in [6.45, 7) is 4.45. The molecule has 1 aromatic carbocycles. The minimum Gasteiger partial charge on any atom is -0.336 e. The summed E-state index contributed by atoms with van der Waals surface area (Å²) in [7, 11) is 0. The number of carbonyl (C=O) groups is 1. The van der Waals surface area contributed by atoms with Crippen LogP contribution in [0.4, 0.5) is 0 Å². The molecule has 0 saturated carbocycles. The second kappa shape index (κ2) is 8.42. The van der Waals surface area contributed by atoms with E-state index in [1.165, 1.54) is 6.42 Å². The number of aromatic nitrogens is 4. The highest BCUT2D eigenvalue weighted by molar-refractivity contribution is 5.94. The van der Waals surface area contributed by atoms with Crippen LogP contribution in [0.2, 0.25) is 0 Å². The molecular weight excluding hydrogens is 350 g/mol. The summed E-state index contributed by atoms with van der Waals surface area (Å²) in [5.74, 6) is 1.18. The molecule has 1 amide bonds. The van der Waals surface area contributed by atoms with Gasteiger partial charge in [0.15, 0.2) is 0 Å². The molecule has 0 spiro atoms. The first-order valence-electron chi connectivity index (χ1n) is 10.1. The van der Waals surface area contributed by atoms with Crippen molar-refractivity contribution in [3.05, 3.63) is 72.1 Å². The highest BCUT2D eigenvalue weighted by Crippen LogP contribution is 2.23. The minimum atomic E-state index is 0.148. The number of amides is 1. The van der Waals surface area contributed by atoms with Crippen molar-refractivity contribution in [1.29, 1.82) is 0 Å². The van der Waals surface area contributed by atoms with Gasteiger partial charge in [0, 0.05) is 49.5 Å². The van der Waals surface area contributed by atoms with E-state index in [4.69, 9.17) is 0 Å². The molecule has 0 N–H and O–H groups in total. The molecule has 2 aromatic heterocycles. The third-order valence-corrected chi connectivity index (χ3v) is 5.59.